The van der Waals surface area contributed by atoms with Gasteiger partial charge in [-0.3, -0.25) is 0 Å². The number of hydrogen-bond acceptors (Lipinski definition) is 2. The Bertz CT molecular complexity index is 858. The third-order valence-electron chi connectivity index (χ3n) is 4.20. The number of aromatic nitrogens is 1. The summed E-state index contributed by atoms with van der Waals surface area (Å²) < 4.78 is 5.35. The Morgan fingerprint density at radius 2 is 1.88 bits per heavy atom. The number of H-pyrrole nitrogens is 1. The van der Waals surface area contributed by atoms with Crippen molar-refractivity contribution < 1.29 is 4.74 Å². The molecule has 0 saturated heterocycles. The zero-order valence-electron chi connectivity index (χ0n) is 13.5. The van der Waals surface area contributed by atoms with Crippen molar-refractivity contribution >= 4 is 34.1 Å². The first-order chi connectivity index (χ1) is 11.7. The molecule has 1 heterocycles. The van der Waals surface area contributed by atoms with Crippen LogP contribution in [0.1, 0.15) is 18.4 Å². The molecule has 0 saturated carbocycles. The van der Waals surface area contributed by atoms with Crippen LogP contribution in [0.2, 0.25) is 10.0 Å². The summed E-state index contributed by atoms with van der Waals surface area (Å²) in [4.78, 5) is 3.46. The second kappa shape index (κ2) is 7.47. The Morgan fingerprint density at radius 3 is 2.62 bits per heavy atom. The van der Waals surface area contributed by atoms with Crippen LogP contribution in [0, 0.1) is 0 Å². The van der Waals surface area contributed by atoms with E-state index >= 15 is 0 Å². The van der Waals surface area contributed by atoms with Crippen LogP contribution < -0.4 is 10.5 Å². The van der Waals surface area contributed by atoms with E-state index in [9.17, 15) is 0 Å². The Morgan fingerprint density at radius 1 is 1.08 bits per heavy atom. The van der Waals surface area contributed by atoms with Gasteiger partial charge in [-0.1, -0.05) is 35.3 Å². The summed E-state index contributed by atoms with van der Waals surface area (Å²) in [5.74, 6) is 0.816. The Hall–Kier alpha value is -1.68. The minimum absolute atomic E-state index is 0.670. The molecule has 0 fully saturated rings. The molecule has 3 aromatic rings. The molecule has 0 radical (unpaired) electrons. The molecule has 0 aliphatic rings. The lowest BCUT2D eigenvalue weighted by atomic mass is 10.00. The maximum atomic E-state index is 6.48. The van der Waals surface area contributed by atoms with Crippen molar-refractivity contribution in [3.05, 3.63) is 52.0 Å². The number of nitrogens with two attached hydrogens (primary N) is 1. The molecule has 0 aliphatic heterocycles. The molecule has 24 heavy (non-hydrogen) atoms. The number of benzene rings is 2. The smallest absolute Gasteiger partial charge is 0.119 e. The van der Waals surface area contributed by atoms with E-state index in [-0.39, 0.29) is 0 Å². The number of fused-ring (bicyclic) bond motifs is 1. The largest absolute Gasteiger partial charge is 0.497 e. The predicted octanol–water partition coefficient (Wildman–Crippen LogP) is 5.43. The highest BCUT2D eigenvalue weighted by molar-refractivity contribution is 6.40. The molecule has 5 heteroatoms. The molecule has 0 unspecified atom stereocenters. The van der Waals surface area contributed by atoms with Crippen molar-refractivity contribution in [3.8, 4) is 17.0 Å². The van der Waals surface area contributed by atoms with Gasteiger partial charge in [-0.05, 0) is 55.6 Å². The highest BCUT2D eigenvalue weighted by Gasteiger charge is 2.17. The minimum atomic E-state index is 0.670. The van der Waals surface area contributed by atoms with Crippen molar-refractivity contribution in [3.63, 3.8) is 0 Å². The van der Waals surface area contributed by atoms with E-state index in [1.807, 2.05) is 30.3 Å². The van der Waals surface area contributed by atoms with Gasteiger partial charge in [0.2, 0.25) is 0 Å². The minimum Gasteiger partial charge on any atom is -0.497 e. The number of aryl methyl sites for hydroxylation is 1. The summed E-state index contributed by atoms with van der Waals surface area (Å²) in [7, 11) is 1.67. The number of unbranched alkanes of at least 4 members (excludes halogenated alkanes) is 1. The van der Waals surface area contributed by atoms with Gasteiger partial charge in [0.25, 0.3) is 0 Å². The molecule has 1 aromatic heterocycles. The zero-order valence-corrected chi connectivity index (χ0v) is 15.0. The van der Waals surface area contributed by atoms with Crippen LogP contribution in [-0.4, -0.2) is 18.6 Å². The van der Waals surface area contributed by atoms with Gasteiger partial charge in [-0.2, -0.15) is 0 Å². The van der Waals surface area contributed by atoms with E-state index in [1.165, 1.54) is 5.56 Å². The first-order valence-corrected chi connectivity index (χ1v) is 8.74. The average molecular weight is 363 g/mol. The lowest BCUT2D eigenvalue weighted by Crippen LogP contribution is -1.99. The first-order valence-electron chi connectivity index (χ1n) is 7.98. The molecule has 2 aromatic carbocycles. The van der Waals surface area contributed by atoms with Gasteiger partial charge in [0, 0.05) is 16.6 Å². The van der Waals surface area contributed by atoms with Crippen LogP contribution in [0.15, 0.2) is 36.4 Å². The quantitative estimate of drug-likeness (QED) is 0.574. The predicted molar refractivity (Wildman–Crippen MR) is 102 cm³/mol. The van der Waals surface area contributed by atoms with Crippen molar-refractivity contribution in [2.24, 2.45) is 5.73 Å². The van der Waals surface area contributed by atoms with Gasteiger partial charge in [0.1, 0.15) is 5.75 Å². The molecule has 3 rings (SSSR count). The molecule has 0 amide bonds. The summed E-state index contributed by atoms with van der Waals surface area (Å²) in [5.41, 5.74) is 9.80. The van der Waals surface area contributed by atoms with Crippen LogP contribution in [0.5, 0.6) is 5.75 Å². The fraction of sp³-hybridized carbons (Fsp3) is 0.263. The van der Waals surface area contributed by atoms with Crippen molar-refractivity contribution in [1.29, 1.82) is 0 Å². The number of nitrogens with one attached hydrogen (secondary N) is 1. The normalized spacial score (nSPS) is 11.2. The molecule has 126 valence electrons. The molecule has 3 nitrogen and oxygen atoms in total. The Kier molecular flexibility index (Phi) is 5.34. The number of rotatable bonds is 6. The Labute approximate surface area is 151 Å². The van der Waals surface area contributed by atoms with E-state index in [0.29, 0.717) is 16.6 Å². The SMILES string of the molecule is COc1cccc(-c2[nH]c3c(Cl)ccc(Cl)c3c2CCCCN)c1. The monoisotopic (exact) mass is 362 g/mol. The van der Waals surface area contributed by atoms with Crippen LogP contribution in [0.3, 0.4) is 0 Å². The van der Waals surface area contributed by atoms with Crippen LogP contribution in [0.4, 0.5) is 0 Å². The number of methoxy groups -OCH3 is 1. The number of hydrogen-bond donors (Lipinski definition) is 2. The zero-order chi connectivity index (χ0) is 17.1. The number of aromatic amines is 1. The van der Waals surface area contributed by atoms with E-state index < -0.39 is 0 Å². The third kappa shape index (κ3) is 3.25. The van der Waals surface area contributed by atoms with E-state index in [1.54, 1.807) is 7.11 Å². The van der Waals surface area contributed by atoms with Crippen molar-refractivity contribution in [1.82, 2.24) is 4.98 Å². The standard InChI is InChI=1S/C19H20Cl2N2O/c1-24-13-6-4-5-12(11-13)18-14(7-2-3-10-22)17-15(20)8-9-16(21)19(17)23-18/h4-6,8-9,11,23H,2-3,7,10,22H2,1H3. The molecule has 3 N–H and O–H groups in total. The second-order valence-corrected chi connectivity index (χ2v) is 6.55. The third-order valence-corrected chi connectivity index (χ3v) is 4.83. The summed E-state index contributed by atoms with van der Waals surface area (Å²) in [6.45, 7) is 0.686. The fourth-order valence-electron chi connectivity index (χ4n) is 3.02. The maximum absolute atomic E-state index is 6.48. The number of halogens is 2. The van der Waals surface area contributed by atoms with Gasteiger partial charge in [-0.15, -0.1) is 0 Å². The van der Waals surface area contributed by atoms with E-state index in [0.717, 1.165) is 47.2 Å². The molecule has 0 bridgehead atoms. The molecule has 0 atom stereocenters. The first kappa shape index (κ1) is 17.2. The Balaban J connectivity index is 2.19. The van der Waals surface area contributed by atoms with E-state index in [4.69, 9.17) is 33.7 Å². The summed E-state index contributed by atoms with van der Waals surface area (Å²) in [6, 6.07) is 11.6. The summed E-state index contributed by atoms with van der Waals surface area (Å²) >= 11 is 12.9. The highest BCUT2D eigenvalue weighted by atomic mass is 35.5. The lowest BCUT2D eigenvalue weighted by molar-refractivity contribution is 0.415. The van der Waals surface area contributed by atoms with Gasteiger partial charge in [-0.25, -0.2) is 0 Å². The maximum Gasteiger partial charge on any atom is 0.119 e. The van der Waals surface area contributed by atoms with Gasteiger partial charge in [0.15, 0.2) is 0 Å². The van der Waals surface area contributed by atoms with Gasteiger partial charge in [0.05, 0.1) is 22.7 Å². The van der Waals surface area contributed by atoms with Crippen LogP contribution in [0.25, 0.3) is 22.2 Å². The number of ether oxygens (including phenoxy) is 1. The summed E-state index contributed by atoms with van der Waals surface area (Å²) in [5, 5.41) is 2.38. The van der Waals surface area contributed by atoms with Gasteiger partial charge >= 0.3 is 0 Å². The fourth-order valence-corrected chi connectivity index (χ4v) is 3.49. The second-order valence-electron chi connectivity index (χ2n) is 5.74. The summed E-state index contributed by atoms with van der Waals surface area (Å²) in [6.07, 6.45) is 2.87. The molecular weight excluding hydrogens is 343 g/mol. The highest BCUT2D eigenvalue weighted by Crippen LogP contribution is 2.39. The van der Waals surface area contributed by atoms with Crippen LogP contribution >= 0.6 is 23.2 Å². The lowest BCUT2D eigenvalue weighted by Gasteiger charge is -2.07. The molecular formula is C19H20Cl2N2O. The topological polar surface area (TPSA) is 51.0 Å². The van der Waals surface area contributed by atoms with Crippen molar-refractivity contribution in [2.45, 2.75) is 19.3 Å². The average Bonchev–Trinajstić information content (AvgIpc) is 2.99. The molecule has 0 spiro atoms. The van der Waals surface area contributed by atoms with Crippen LogP contribution in [-0.2, 0) is 6.42 Å². The van der Waals surface area contributed by atoms with Crippen molar-refractivity contribution in [2.75, 3.05) is 13.7 Å². The van der Waals surface area contributed by atoms with Gasteiger partial charge < -0.3 is 15.5 Å². The van der Waals surface area contributed by atoms with E-state index in [2.05, 4.69) is 11.1 Å². The molecule has 0 aliphatic carbocycles.